The lowest BCUT2D eigenvalue weighted by Gasteiger charge is -2.22. The Balaban J connectivity index is 1.21. The normalized spacial score (nSPS) is 14.9. The van der Waals surface area contributed by atoms with Gasteiger partial charge in [0.15, 0.2) is 11.2 Å². The highest BCUT2D eigenvalue weighted by atomic mass is 19.3. The summed E-state index contributed by atoms with van der Waals surface area (Å²) in [6.07, 6.45) is 1.19. The lowest BCUT2D eigenvalue weighted by Crippen LogP contribution is -2.35. The molecule has 0 saturated carbocycles. The van der Waals surface area contributed by atoms with E-state index in [9.17, 15) is 23.9 Å². The van der Waals surface area contributed by atoms with Gasteiger partial charge in [0.1, 0.15) is 28.9 Å². The first-order chi connectivity index (χ1) is 26.4. The van der Waals surface area contributed by atoms with E-state index >= 15 is 0 Å². The number of benzene rings is 4. The average molecular weight is 749 g/mol. The van der Waals surface area contributed by atoms with E-state index in [2.05, 4.69) is 22.9 Å². The number of likely N-dealkylation sites (N-methyl/N-ethyl adjacent to an activating group) is 2. The molecular formula is C42H42F2N6O5. The van der Waals surface area contributed by atoms with Gasteiger partial charge in [-0.15, -0.1) is 0 Å². The summed E-state index contributed by atoms with van der Waals surface area (Å²) in [7, 11) is 6.13. The molecule has 1 aliphatic rings. The second-order valence-electron chi connectivity index (χ2n) is 14.4. The molecule has 0 bridgehead atoms. The summed E-state index contributed by atoms with van der Waals surface area (Å²) in [4.78, 5) is 27.5. The van der Waals surface area contributed by atoms with Crippen LogP contribution in [0.15, 0.2) is 69.5 Å². The number of ether oxygens (including phenoxy) is 1. The fraction of sp³-hybridized carbons (Fsp3) is 0.333. The summed E-state index contributed by atoms with van der Waals surface area (Å²) in [5, 5.41) is 19.7. The van der Waals surface area contributed by atoms with E-state index in [0.717, 1.165) is 46.5 Å². The Morgan fingerprint density at radius 1 is 0.964 bits per heavy atom. The average Bonchev–Trinajstić information content (AvgIpc) is 3.89. The van der Waals surface area contributed by atoms with Crippen LogP contribution in [0.5, 0.6) is 5.75 Å². The second-order valence-corrected chi connectivity index (χ2v) is 14.4. The summed E-state index contributed by atoms with van der Waals surface area (Å²) in [6.45, 7) is 4.02. The number of aromatic nitrogens is 2. The summed E-state index contributed by atoms with van der Waals surface area (Å²) in [6, 6.07) is 20.2. The van der Waals surface area contributed by atoms with Gasteiger partial charge in [0.05, 0.1) is 5.56 Å². The number of carboxylic acid groups (broad SMARTS) is 1. The van der Waals surface area contributed by atoms with Gasteiger partial charge < -0.3 is 28.5 Å². The van der Waals surface area contributed by atoms with Crippen molar-refractivity contribution >= 4 is 28.2 Å². The minimum atomic E-state index is -3.07. The number of likely N-dealkylation sites (tertiary alicyclic amines) is 1. The van der Waals surface area contributed by atoms with E-state index in [-0.39, 0.29) is 17.9 Å². The first kappa shape index (κ1) is 37.6. The molecule has 0 radical (unpaired) electrons. The van der Waals surface area contributed by atoms with E-state index in [0.29, 0.717) is 71.0 Å². The molecule has 0 unspecified atom stereocenters. The van der Waals surface area contributed by atoms with Gasteiger partial charge in [-0.1, -0.05) is 24.3 Å². The summed E-state index contributed by atoms with van der Waals surface area (Å²) < 4.78 is 44.3. The number of aliphatic carboxylic acids is 1. The minimum Gasteiger partial charge on any atom is -0.480 e. The summed E-state index contributed by atoms with van der Waals surface area (Å²) >= 11 is 0. The van der Waals surface area contributed by atoms with Gasteiger partial charge in [-0.05, 0) is 113 Å². The highest BCUT2D eigenvalue weighted by molar-refractivity contribution is 5.86. The SMILES string of the molecule is Cc1c(-c2nc3cc(CN4CCC[C@H]4C(=O)O)c(OC(F)F)cc3o2)cccc1-c1cccc(-c2nc3cc(CN(C)CCN(C)C)cc(C#N)c3o2)c1C. The largest absolute Gasteiger partial charge is 0.480 e. The molecule has 0 aliphatic carbocycles. The maximum absolute atomic E-state index is 13.5. The van der Waals surface area contributed by atoms with Crippen molar-refractivity contribution in [2.24, 2.45) is 0 Å². The minimum absolute atomic E-state index is 0.0798. The molecule has 284 valence electrons. The van der Waals surface area contributed by atoms with Gasteiger partial charge in [-0.25, -0.2) is 9.97 Å². The molecule has 1 fully saturated rings. The maximum atomic E-state index is 13.5. The van der Waals surface area contributed by atoms with Crippen molar-refractivity contribution in [1.29, 1.82) is 5.26 Å². The zero-order valence-corrected chi connectivity index (χ0v) is 31.4. The van der Waals surface area contributed by atoms with Crippen LogP contribution in [0.3, 0.4) is 0 Å². The number of rotatable bonds is 13. The van der Waals surface area contributed by atoms with E-state index in [1.807, 2.05) is 76.5 Å². The van der Waals surface area contributed by atoms with Crippen molar-refractivity contribution in [2.75, 3.05) is 40.8 Å². The number of hydrogen-bond donors (Lipinski definition) is 1. The number of hydrogen-bond acceptors (Lipinski definition) is 10. The van der Waals surface area contributed by atoms with Crippen LogP contribution in [-0.2, 0) is 17.9 Å². The third kappa shape index (κ3) is 7.80. The Hall–Kier alpha value is -5.68. The van der Waals surface area contributed by atoms with E-state index < -0.39 is 18.6 Å². The molecule has 55 heavy (non-hydrogen) atoms. The predicted molar refractivity (Wildman–Crippen MR) is 205 cm³/mol. The van der Waals surface area contributed by atoms with E-state index in [1.165, 1.54) is 6.07 Å². The lowest BCUT2D eigenvalue weighted by atomic mass is 9.91. The van der Waals surface area contributed by atoms with Crippen molar-refractivity contribution in [1.82, 2.24) is 24.7 Å². The first-order valence-corrected chi connectivity index (χ1v) is 18.1. The molecule has 0 amide bonds. The quantitative estimate of drug-likeness (QED) is 0.123. The molecule has 13 heteroatoms. The van der Waals surface area contributed by atoms with Gasteiger partial charge in [0.2, 0.25) is 11.8 Å². The number of oxazole rings is 2. The molecule has 6 aromatic rings. The third-order valence-corrected chi connectivity index (χ3v) is 10.3. The van der Waals surface area contributed by atoms with Gasteiger partial charge in [0.25, 0.3) is 0 Å². The summed E-state index contributed by atoms with van der Waals surface area (Å²) in [5.74, 6) is -0.304. The number of carbonyl (C=O) groups is 1. The fourth-order valence-electron chi connectivity index (χ4n) is 7.42. The zero-order chi connectivity index (χ0) is 39.0. The molecular weight excluding hydrogens is 706 g/mol. The monoisotopic (exact) mass is 748 g/mol. The lowest BCUT2D eigenvalue weighted by molar-refractivity contribution is -0.142. The van der Waals surface area contributed by atoms with Crippen LogP contribution >= 0.6 is 0 Å². The molecule has 1 saturated heterocycles. The fourth-order valence-corrected chi connectivity index (χ4v) is 7.42. The van der Waals surface area contributed by atoms with Crippen molar-refractivity contribution in [3.8, 4) is 45.9 Å². The van der Waals surface area contributed by atoms with Crippen molar-refractivity contribution in [3.05, 3.63) is 88.5 Å². The highest BCUT2D eigenvalue weighted by Gasteiger charge is 2.31. The van der Waals surface area contributed by atoms with E-state index in [4.69, 9.17) is 23.5 Å². The number of halogens is 2. The molecule has 3 heterocycles. The van der Waals surface area contributed by atoms with Crippen LogP contribution in [0.2, 0.25) is 0 Å². The Bertz CT molecular complexity index is 2430. The van der Waals surface area contributed by atoms with Crippen LogP contribution in [0.4, 0.5) is 8.78 Å². The summed E-state index contributed by atoms with van der Waals surface area (Å²) in [5.41, 5.74) is 8.77. The third-order valence-electron chi connectivity index (χ3n) is 10.3. The van der Waals surface area contributed by atoms with E-state index in [1.54, 1.807) is 11.0 Å². The molecule has 1 atom stereocenters. The van der Waals surface area contributed by atoms with Gasteiger partial charge >= 0.3 is 12.6 Å². The number of carboxylic acids is 1. The topological polar surface area (TPSA) is 132 Å². The molecule has 4 aromatic carbocycles. The molecule has 7 rings (SSSR count). The Kier molecular flexibility index (Phi) is 10.7. The van der Waals surface area contributed by atoms with Crippen molar-refractivity contribution < 1.29 is 32.3 Å². The predicted octanol–water partition coefficient (Wildman–Crippen LogP) is 8.10. The maximum Gasteiger partial charge on any atom is 0.387 e. The smallest absolute Gasteiger partial charge is 0.387 e. The van der Waals surface area contributed by atoms with Crippen molar-refractivity contribution in [2.45, 2.75) is 52.4 Å². The molecule has 2 aromatic heterocycles. The molecule has 0 spiro atoms. The zero-order valence-electron chi connectivity index (χ0n) is 31.4. The molecule has 11 nitrogen and oxygen atoms in total. The molecule has 1 N–H and O–H groups in total. The van der Waals surface area contributed by atoms with Crippen LogP contribution in [0.25, 0.3) is 56.2 Å². The van der Waals surface area contributed by atoms with Crippen molar-refractivity contribution in [3.63, 3.8) is 0 Å². The van der Waals surface area contributed by atoms with Crippen LogP contribution in [0, 0.1) is 25.2 Å². The van der Waals surface area contributed by atoms with Crippen LogP contribution in [-0.4, -0.2) is 89.2 Å². The van der Waals surface area contributed by atoms with Crippen LogP contribution in [0.1, 0.15) is 40.7 Å². The Labute approximate surface area is 317 Å². The second kappa shape index (κ2) is 15.6. The Morgan fingerprint density at radius 2 is 1.62 bits per heavy atom. The van der Waals surface area contributed by atoms with Gasteiger partial charge in [0, 0.05) is 48.9 Å². The van der Waals surface area contributed by atoms with Gasteiger partial charge in [-0.2, -0.15) is 14.0 Å². The Morgan fingerprint density at radius 3 is 2.25 bits per heavy atom. The standard InChI is InChI=1S/C42H42F2N6O5/c1-24-29(30-10-7-12-32(25(30)2)40-47-34-18-26(17-27(21-45)38(34)55-40)22-49(5)16-15-48(3)4)9-6-11-31(24)39-46-33-19-28(23-50-14-8-13-35(50)41(51)52)36(54-42(43)44)20-37(33)53-39/h6-7,9-12,17-20,35,42H,8,13-16,22-23H2,1-5H3,(H,51,52)/t35-/m0/s1. The number of fused-ring (bicyclic) bond motifs is 2. The number of nitrogens with zero attached hydrogens (tertiary/aromatic N) is 6. The molecule has 1 aliphatic heterocycles. The first-order valence-electron chi connectivity index (χ1n) is 18.1. The van der Waals surface area contributed by atoms with Crippen LogP contribution < -0.4 is 4.74 Å². The van der Waals surface area contributed by atoms with Gasteiger partial charge in [-0.3, -0.25) is 9.69 Å². The number of nitriles is 1. The number of alkyl halides is 2. The highest BCUT2D eigenvalue weighted by Crippen LogP contribution is 2.39.